The number of hydrogen-bond donors (Lipinski definition) is 6. The maximum Gasteiger partial charge on any atom is 0.469 e. The van der Waals surface area contributed by atoms with Gasteiger partial charge < -0.3 is 30.0 Å². The number of nitrogens with zero attached hydrogens (tertiary/aromatic N) is 2. The number of hydrogen-bond acceptors (Lipinski definition) is 7. The molecule has 0 aliphatic heterocycles. The molecular weight excluding hydrogens is 511 g/mol. The molecule has 15 heteroatoms. The Morgan fingerprint density at radius 2 is 1.51 bits per heavy atom. The second-order valence-electron chi connectivity index (χ2n) is 7.71. The second-order valence-corrected chi connectivity index (χ2v) is 8.95. The van der Waals surface area contributed by atoms with Crippen LogP contribution in [-0.4, -0.2) is 87.0 Å². The number of phosphoric acid groups is 1. The lowest BCUT2D eigenvalue weighted by molar-refractivity contribution is -0.140. The van der Waals surface area contributed by atoms with Crippen molar-refractivity contribution >= 4 is 31.6 Å². The molecule has 4 amide bonds. The molecular formula is C22H27N4O10P. The van der Waals surface area contributed by atoms with Gasteiger partial charge >= 0.3 is 13.9 Å². The van der Waals surface area contributed by atoms with Crippen LogP contribution >= 0.6 is 7.82 Å². The normalized spacial score (nSPS) is 11.8. The fourth-order valence-corrected chi connectivity index (χ4v) is 3.65. The van der Waals surface area contributed by atoms with Crippen LogP contribution in [0.25, 0.3) is 11.1 Å². The van der Waals surface area contributed by atoms with Gasteiger partial charge in [-0.25, -0.2) is 14.8 Å². The molecule has 0 saturated carbocycles. The van der Waals surface area contributed by atoms with Gasteiger partial charge in [0, 0.05) is 32.7 Å². The number of carbonyl (C=O) groups excluding carboxylic acids is 3. The molecule has 2 aromatic rings. The highest BCUT2D eigenvalue weighted by molar-refractivity contribution is 7.46. The summed E-state index contributed by atoms with van der Waals surface area (Å²) in [5.41, 5.74) is 3.67. The van der Waals surface area contributed by atoms with E-state index in [4.69, 9.17) is 15.0 Å². The van der Waals surface area contributed by atoms with Crippen LogP contribution in [0.1, 0.15) is 15.9 Å². The van der Waals surface area contributed by atoms with E-state index in [1.54, 1.807) is 36.4 Å². The number of nitrogens with one attached hydrogen (secondary N) is 2. The van der Waals surface area contributed by atoms with Crippen molar-refractivity contribution < 1.29 is 48.4 Å². The minimum atomic E-state index is -4.70. The van der Waals surface area contributed by atoms with Gasteiger partial charge in [0.2, 0.25) is 0 Å². The molecule has 0 aliphatic carbocycles. The zero-order valence-electron chi connectivity index (χ0n) is 19.9. The third kappa shape index (κ3) is 8.37. The number of amides is 4. The molecule has 0 aliphatic rings. The number of likely N-dealkylation sites (N-methyl/N-ethyl adjacent to an activating group) is 2. The summed E-state index contributed by atoms with van der Waals surface area (Å²) >= 11 is 0. The van der Waals surface area contributed by atoms with Crippen LogP contribution < -0.4 is 10.8 Å². The first kappa shape index (κ1) is 29.4. The second kappa shape index (κ2) is 12.9. The van der Waals surface area contributed by atoms with Gasteiger partial charge in [-0.05, 0) is 28.8 Å². The minimum Gasteiger partial charge on any atom is -0.465 e. The van der Waals surface area contributed by atoms with Gasteiger partial charge in [0.25, 0.3) is 17.7 Å². The Hall–Kier alpha value is -3.81. The van der Waals surface area contributed by atoms with Crippen molar-refractivity contribution in [3.63, 3.8) is 0 Å². The fourth-order valence-electron chi connectivity index (χ4n) is 3.33. The zero-order valence-corrected chi connectivity index (χ0v) is 20.8. The smallest absolute Gasteiger partial charge is 0.465 e. The lowest BCUT2D eigenvalue weighted by Crippen LogP contribution is -2.54. The Morgan fingerprint density at radius 1 is 0.973 bits per heavy atom. The largest absolute Gasteiger partial charge is 0.469 e. The number of phosphoric ester groups is 1. The van der Waals surface area contributed by atoms with E-state index in [0.29, 0.717) is 5.56 Å². The first-order valence-corrected chi connectivity index (χ1v) is 12.2. The van der Waals surface area contributed by atoms with Gasteiger partial charge in [-0.1, -0.05) is 36.4 Å². The standard InChI is InChI=1S/C22H27N4O10P/c1-23-19(27)18(20(28)24-32)25(2)21(29)17-9-7-16(8-10-17)15-5-3-14(4-6-15)13-26(22(30)31)11-12-36-37(33,34)35/h3-10,18,32H,11-13H2,1-2H3,(H,23,27)(H,24,28)(H,30,31)(H2,33,34,35). The highest BCUT2D eigenvalue weighted by Gasteiger charge is 2.33. The van der Waals surface area contributed by atoms with Gasteiger partial charge in [-0.15, -0.1) is 0 Å². The number of benzene rings is 2. The SMILES string of the molecule is CNC(=O)C(C(=O)NO)N(C)C(=O)c1ccc(-c2ccc(CN(CCOP(=O)(O)O)C(=O)O)cc2)cc1. The maximum atomic E-state index is 12.8. The van der Waals surface area contributed by atoms with Gasteiger partial charge in [-0.3, -0.25) is 24.1 Å². The predicted molar refractivity (Wildman–Crippen MR) is 128 cm³/mol. The molecule has 0 bridgehead atoms. The van der Waals surface area contributed by atoms with Crippen LogP contribution in [-0.2, 0) is 25.2 Å². The molecule has 37 heavy (non-hydrogen) atoms. The van der Waals surface area contributed by atoms with Crippen LogP contribution in [0.5, 0.6) is 0 Å². The number of hydroxylamine groups is 1. The average molecular weight is 538 g/mol. The Kier molecular flexibility index (Phi) is 10.3. The zero-order chi connectivity index (χ0) is 27.8. The van der Waals surface area contributed by atoms with Crippen molar-refractivity contribution in [2.24, 2.45) is 0 Å². The number of carbonyl (C=O) groups is 4. The molecule has 6 N–H and O–H groups in total. The summed E-state index contributed by atoms with van der Waals surface area (Å²) in [6.45, 7) is -0.746. The summed E-state index contributed by atoms with van der Waals surface area (Å²) in [6.07, 6.45) is -1.28. The summed E-state index contributed by atoms with van der Waals surface area (Å²) < 4.78 is 15.1. The Bertz CT molecular complexity index is 1150. The molecule has 0 radical (unpaired) electrons. The van der Waals surface area contributed by atoms with Crippen molar-refractivity contribution in [1.29, 1.82) is 0 Å². The first-order chi connectivity index (χ1) is 17.4. The van der Waals surface area contributed by atoms with E-state index in [9.17, 15) is 28.8 Å². The van der Waals surface area contributed by atoms with Gasteiger partial charge in [-0.2, -0.15) is 0 Å². The van der Waals surface area contributed by atoms with Crippen LogP contribution in [0.2, 0.25) is 0 Å². The van der Waals surface area contributed by atoms with E-state index in [1.165, 1.54) is 31.7 Å². The average Bonchev–Trinajstić information content (AvgIpc) is 2.87. The van der Waals surface area contributed by atoms with Crippen LogP contribution in [0.3, 0.4) is 0 Å². The van der Waals surface area contributed by atoms with Crippen molar-refractivity contribution in [2.45, 2.75) is 12.6 Å². The van der Waals surface area contributed by atoms with Crippen LogP contribution in [0.4, 0.5) is 4.79 Å². The highest BCUT2D eigenvalue weighted by atomic mass is 31.2. The molecule has 2 aromatic carbocycles. The summed E-state index contributed by atoms with van der Waals surface area (Å²) in [4.78, 5) is 67.4. The maximum absolute atomic E-state index is 12.8. The van der Waals surface area contributed by atoms with E-state index in [0.717, 1.165) is 20.9 Å². The van der Waals surface area contributed by atoms with Gasteiger partial charge in [0.05, 0.1) is 6.61 Å². The predicted octanol–water partition coefficient (Wildman–Crippen LogP) is 0.635. The molecule has 0 fully saturated rings. The molecule has 2 rings (SSSR count). The summed E-state index contributed by atoms with van der Waals surface area (Å²) in [7, 11) is -2.15. The topological polar surface area (TPSA) is 206 Å². The van der Waals surface area contributed by atoms with E-state index in [2.05, 4.69) is 9.84 Å². The Morgan fingerprint density at radius 3 is 1.97 bits per heavy atom. The monoisotopic (exact) mass is 538 g/mol. The Labute approximate surface area is 211 Å². The lowest BCUT2D eigenvalue weighted by Gasteiger charge is -2.25. The van der Waals surface area contributed by atoms with Crippen molar-refractivity contribution in [2.75, 3.05) is 27.2 Å². The van der Waals surface area contributed by atoms with Crippen LogP contribution in [0.15, 0.2) is 48.5 Å². The Balaban J connectivity index is 2.10. The number of rotatable bonds is 11. The summed E-state index contributed by atoms with van der Waals surface area (Å²) in [6, 6.07) is 11.6. The molecule has 0 aromatic heterocycles. The molecule has 14 nitrogen and oxygen atoms in total. The third-order valence-corrected chi connectivity index (χ3v) is 5.76. The molecule has 200 valence electrons. The molecule has 1 atom stereocenters. The summed E-state index contributed by atoms with van der Waals surface area (Å²) in [5.74, 6) is -2.48. The van der Waals surface area contributed by atoms with Crippen molar-refractivity contribution in [1.82, 2.24) is 20.6 Å². The van der Waals surface area contributed by atoms with E-state index in [-0.39, 0.29) is 18.7 Å². The minimum absolute atomic E-state index is 0.0339. The quantitative estimate of drug-likeness (QED) is 0.102. The summed E-state index contributed by atoms with van der Waals surface area (Å²) in [5, 5.41) is 20.5. The van der Waals surface area contributed by atoms with E-state index >= 15 is 0 Å². The van der Waals surface area contributed by atoms with E-state index < -0.39 is 44.3 Å². The highest BCUT2D eigenvalue weighted by Crippen LogP contribution is 2.35. The van der Waals surface area contributed by atoms with Gasteiger partial charge in [0.15, 0.2) is 6.04 Å². The third-order valence-electron chi connectivity index (χ3n) is 5.24. The van der Waals surface area contributed by atoms with Crippen LogP contribution in [0, 0.1) is 0 Å². The molecule has 0 saturated heterocycles. The van der Waals surface area contributed by atoms with Crippen molar-refractivity contribution in [3.05, 3.63) is 59.7 Å². The lowest BCUT2D eigenvalue weighted by atomic mass is 10.0. The molecule has 1 unspecified atom stereocenters. The fraction of sp³-hybridized carbons (Fsp3) is 0.273. The molecule has 0 heterocycles. The van der Waals surface area contributed by atoms with E-state index in [1.807, 2.05) is 0 Å². The first-order valence-electron chi connectivity index (χ1n) is 10.7. The number of carboxylic acid groups (broad SMARTS) is 1. The van der Waals surface area contributed by atoms with Gasteiger partial charge in [0.1, 0.15) is 0 Å². The molecule has 0 spiro atoms. The van der Waals surface area contributed by atoms with Crippen molar-refractivity contribution in [3.8, 4) is 11.1 Å².